The van der Waals surface area contributed by atoms with Crippen LogP contribution < -0.4 is 5.32 Å². The van der Waals surface area contributed by atoms with Gasteiger partial charge in [-0.05, 0) is 62.4 Å². The first kappa shape index (κ1) is 19.4. The van der Waals surface area contributed by atoms with Gasteiger partial charge in [0.25, 0.3) is 0 Å². The average Bonchev–Trinajstić information content (AvgIpc) is 3.42. The standard InChI is InChI=1S/C25H28ClN3O2/c26-19-8-9-21-20(15-19)27-25(22-7-4-12-29(21)22)16-24(31-17-25)10-13-28(14-11-24)23(30)18-5-2-1-3-6-18/h1-2,4,7-9,12,15,18,27H,3,5-6,10-11,13-14,16-17H2. The van der Waals surface area contributed by atoms with Gasteiger partial charge in [-0.2, -0.15) is 0 Å². The first-order chi connectivity index (χ1) is 15.1. The number of aromatic nitrogens is 1. The van der Waals surface area contributed by atoms with Crippen LogP contribution in [-0.4, -0.2) is 40.7 Å². The predicted octanol–water partition coefficient (Wildman–Crippen LogP) is 4.89. The van der Waals surface area contributed by atoms with Gasteiger partial charge >= 0.3 is 0 Å². The van der Waals surface area contributed by atoms with E-state index in [1.54, 1.807) is 0 Å². The third-order valence-electron chi connectivity index (χ3n) is 7.68. The lowest BCUT2D eigenvalue weighted by molar-refractivity contribution is -0.140. The van der Waals surface area contributed by atoms with Crippen molar-refractivity contribution in [1.82, 2.24) is 9.47 Å². The molecule has 162 valence electrons. The highest BCUT2D eigenvalue weighted by molar-refractivity contribution is 6.31. The molecule has 0 bridgehead atoms. The van der Waals surface area contributed by atoms with Crippen LogP contribution in [0, 0.1) is 5.92 Å². The predicted molar refractivity (Wildman–Crippen MR) is 122 cm³/mol. The zero-order chi connectivity index (χ0) is 21.1. The van der Waals surface area contributed by atoms with E-state index in [9.17, 15) is 4.79 Å². The molecule has 2 atom stereocenters. The van der Waals surface area contributed by atoms with Gasteiger partial charge in [-0.15, -0.1) is 0 Å². The first-order valence-corrected chi connectivity index (χ1v) is 11.8. The summed E-state index contributed by atoms with van der Waals surface area (Å²) in [5.74, 6) is 0.500. The van der Waals surface area contributed by atoms with Crippen LogP contribution in [0.4, 0.5) is 5.69 Å². The Hall–Kier alpha value is -2.24. The Balaban J connectivity index is 1.21. The van der Waals surface area contributed by atoms with E-state index in [0.29, 0.717) is 12.5 Å². The summed E-state index contributed by atoms with van der Waals surface area (Å²) in [6.45, 7) is 2.21. The van der Waals surface area contributed by atoms with Crippen molar-refractivity contribution in [2.45, 2.75) is 49.7 Å². The molecule has 2 spiro atoms. The normalized spacial score (nSPS) is 28.4. The number of amides is 1. The van der Waals surface area contributed by atoms with E-state index in [-0.39, 0.29) is 17.1 Å². The van der Waals surface area contributed by atoms with E-state index in [1.165, 1.54) is 5.69 Å². The summed E-state index contributed by atoms with van der Waals surface area (Å²) in [5.41, 5.74) is 2.97. The summed E-state index contributed by atoms with van der Waals surface area (Å²) in [6, 6.07) is 10.3. The lowest BCUT2D eigenvalue weighted by Crippen LogP contribution is -2.49. The van der Waals surface area contributed by atoms with Gasteiger partial charge in [-0.25, -0.2) is 0 Å². The van der Waals surface area contributed by atoms with E-state index in [1.807, 2.05) is 12.1 Å². The minimum atomic E-state index is -0.262. The van der Waals surface area contributed by atoms with Crippen molar-refractivity contribution >= 4 is 23.2 Å². The van der Waals surface area contributed by atoms with Crippen molar-refractivity contribution in [3.63, 3.8) is 0 Å². The number of carbonyl (C=O) groups is 1. The fraction of sp³-hybridized carbons (Fsp3) is 0.480. The number of nitrogens with zero attached hydrogens (tertiary/aromatic N) is 2. The minimum Gasteiger partial charge on any atom is -0.372 e. The summed E-state index contributed by atoms with van der Waals surface area (Å²) < 4.78 is 8.83. The molecule has 2 aromatic rings. The second-order valence-corrected chi connectivity index (χ2v) is 10.0. The molecule has 1 amide bonds. The average molecular weight is 438 g/mol. The summed E-state index contributed by atoms with van der Waals surface area (Å²) in [6.07, 6.45) is 12.1. The Morgan fingerprint density at radius 3 is 2.87 bits per heavy atom. The second kappa shape index (κ2) is 7.14. The number of hydrogen-bond donors (Lipinski definition) is 1. The maximum absolute atomic E-state index is 13.0. The van der Waals surface area contributed by atoms with Crippen LogP contribution in [0.15, 0.2) is 48.7 Å². The number of nitrogens with one attached hydrogen (secondary N) is 1. The number of halogens is 1. The van der Waals surface area contributed by atoms with E-state index >= 15 is 0 Å². The number of carbonyl (C=O) groups excluding carboxylic acids is 1. The van der Waals surface area contributed by atoms with Crippen molar-refractivity contribution in [3.8, 4) is 5.69 Å². The molecule has 31 heavy (non-hydrogen) atoms. The Morgan fingerprint density at radius 1 is 1.19 bits per heavy atom. The highest BCUT2D eigenvalue weighted by Crippen LogP contribution is 2.50. The SMILES string of the molecule is O=C(C1CC=CCC1)N1CCC2(CC1)CC1(CO2)Nc2cc(Cl)ccc2-n2cccc21. The monoisotopic (exact) mass is 437 g/mol. The molecule has 1 N–H and O–H groups in total. The van der Waals surface area contributed by atoms with Gasteiger partial charge in [-0.3, -0.25) is 4.79 Å². The summed E-state index contributed by atoms with van der Waals surface area (Å²) in [7, 11) is 0. The molecule has 0 saturated carbocycles. The third-order valence-corrected chi connectivity index (χ3v) is 7.92. The van der Waals surface area contributed by atoms with E-state index in [2.05, 4.69) is 51.3 Å². The topological polar surface area (TPSA) is 46.5 Å². The molecule has 4 heterocycles. The van der Waals surface area contributed by atoms with E-state index in [0.717, 1.165) is 68.0 Å². The van der Waals surface area contributed by atoms with Crippen molar-refractivity contribution in [1.29, 1.82) is 0 Å². The van der Waals surface area contributed by atoms with Gasteiger partial charge in [0.15, 0.2) is 0 Å². The Kier molecular flexibility index (Phi) is 4.48. The van der Waals surface area contributed by atoms with Crippen molar-refractivity contribution < 1.29 is 9.53 Å². The zero-order valence-electron chi connectivity index (χ0n) is 17.6. The lowest BCUT2D eigenvalue weighted by atomic mass is 9.79. The van der Waals surface area contributed by atoms with Crippen molar-refractivity contribution in [2.75, 3.05) is 25.0 Å². The van der Waals surface area contributed by atoms with Crippen LogP contribution in [0.1, 0.15) is 44.2 Å². The Bertz CT molecular complexity index is 1050. The molecule has 1 aromatic carbocycles. The number of benzene rings is 1. The molecule has 0 radical (unpaired) electrons. The van der Waals surface area contributed by atoms with E-state index < -0.39 is 0 Å². The molecule has 4 aliphatic rings. The summed E-state index contributed by atoms with van der Waals surface area (Å²) in [5, 5.41) is 4.53. The van der Waals surface area contributed by atoms with Crippen molar-refractivity contribution in [2.24, 2.45) is 5.92 Å². The lowest BCUT2D eigenvalue weighted by Gasteiger charge is -2.42. The number of ether oxygens (including phenoxy) is 1. The number of rotatable bonds is 1. The number of fused-ring (bicyclic) bond motifs is 4. The molecular formula is C25H28ClN3O2. The number of allylic oxidation sites excluding steroid dienone is 2. The maximum Gasteiger partial charge on any atom is 0.226 e. The second-order valence-electron chi connectivity index (χ2n) is 9.59. The molecule has 6 heteroatoms. The van der Waals surface area contributed by atoms with Gasteiger partial charge in [0.2, 0.25) is 5.91 Å². The van der Waals surface area contributed by atoms with Gasteiger partial charge in [0, 0.05) is 36.6 Å². The number of likely N-dealkylation sites (tertiary alicyclic amines) is 1. The smallest absolute Gasteiger partial charge is 0.226 e. The molecule has 2 unspecified atom stereocenters. The Labute approximate surface area is 188 Å². The number of piperidine rings is 1. The van der Waals surface area contributed by atoms with Gasteiger partial charge in [0.1, 0.15) is 5.54 Å². The molecule has 6 rings (SSSR count). The molecule has 1 aliphatic carbocycles. The van der Waals surface area contributed by atoms with E-state index in [4.69, 9.17) is 16.3 Å². The molecule has 2 saturated heterocycles. The quantitative estimate of drug-likeness (QED) is 0.646. The fourth-order valence-electron chi connectivity index (χ4n) is 6.03. The van der Waals surface area contributed by atoms with Crippen LogP contribution in [0.25, 0.3) is 5.69 Å². The molecule has 3 aliphatic heterocycles. The summed E-state index contributed by atoms with van der Waals surface area (Å²) in [4.78, 5) is 15.1. The fourth-order valence-corrected chi connectivity index (χ4v) is 6.20. The number of hydrogen-bond acceptors (Lipinski definition) is 3. The molecule has 5 nitrogen and oxygen atoms in total. The van der Waals surface area contributed by atoms with Crippen LogP contribution in [-0.2, 0) is 15.1 Å². The maximum atomic E-state index is 13.0. The summed E-state index contributed by atoms with van der Waals surface area (Å²) >= 11 is 6.30. The van der Waals surface area contributed by atoms with Crippen molar-refractivity contribution in [3.05, 3.63) is 59.4 Å². The Morgan fingerprint density at radius 2 is 2.06 bits per heavy atom. The molecule has 1 aromatic heterocycles. The third kappa shape index (κ3) is 3.13. The number of anilines is 1. The molecular weight excluding hydrogens is 410 g/mol. The van der Waals surface area contributed by atoms with Gasteiger partial charge in [0.05, 0.1) is 29.3 Å². The van der Waals surface area contributed by atoms with Gasteiger partial charge in [-0.1, -0.05) is 23.8 Å². The minimum absolute atomic E-state index is 0.166. The van der Waals surface area contributed by atoms with Crippen LogP contribution in [0.2, 0.25) is 5.02 Å². The highest BCUT2D eigenvalue weighted by Gasteiger charge is 2.54. The van der Waals surface area contributed by atoms with Crippen LogP contribution >= 0.6 is 11.6 Å². The van der Waals surface area contributed by atoms with Crippen LogP contribution in [0.3, 0.4) is 0 Å². The molecule has 2 fully saturated rings. The van der Waals surface area contributed by atoms with Crippen LogP contribution in [0.5, 0.6) is 0 Å². The van der Waals surface area contributed by atoms with Gasteiger partial charge < -0.3 is 19.5 Å². The highest BCUT2D eigenvalue weighted by atomic mass is 35.5. The largest absolute Gasteiger partial charge is 0.372 e. The zero-order valence-corrected chi connectivity index (χ0v) is 18.4. The first-order valence-electron chi connectivity index (χ1n) is 11.4.